The van der Waals surface area contributed by atoms with Gasteiger partial charge in [0.05, 0.1) is 6.54 Å². The molecule has 1 aromatic rings. The summed E-state index contributed by atoms with van der Waals surface area (Å²) in [6.45, 7) is 2.33. The van der Waals surface area contributed by atoms with Crippen LogP contribution in [-0.2, 0) is 30.4 Å². The monoisotopic (exact) mass is 335 g/mol. The van der Waals surface area contributed by atoms with E-state index in [1.165, 1.54) is 13.8 Å². The Labute approximate surface area is 138 Å². The molecular formula is C16H17NO7. The van der Waals surface area contributed by atoms with Crippen molar-refractivity contribution < 1.29 is 33.7 Å². The van der Waals surface area contributed by atoms with Gasteiger partial charge in [-0.15, -0.1) is 0 Å². The van der Waals surface area contributed by atoms with Gasteiger partial charge in [-0.2, -0.15) is 0 Å². The van der Waals surface area contributed by atoms with Gasteiger partial charge in [-0.1, -0.05) is 30.3 Å². The summed E-state index contributed by atoms with van der Waals surface area (Å²) in [4.78, 5) is 35.0. The third-order valence-corrected chi connectivity index (χ3v) is 2.99. The number of aliphatic hydroxyl groups is 1. The largest absolute Gasteiger partial charge is 0.509 e. The summed E-state index contributed by atoms with van der Waals surface area (Å²) in [6.07, 6.45) is -0.816. The van der Waals surface area contributed by atoms with Crippen LogP contribution in [0.3, 0.4) is 0 Å². The average Bonchev–Trinajstić information content (AvgIpc) is 2.50. The minimum Gasteiger partial charge on any atom is -0.509 e. The molecular weight excluding hydrogens is 318 g/mol. The molecule has 0 unspecified atom stereocenters. The highest BCUT2D eigenvalue weighted by molar-refractivity contribution is 6.15. The highest BCUT2D eigenvalue weighted by Crippen LogP contribution is 2.23. The summed E-state index contributed by atoms with van der Waals surface area (Å²) in [6, 6.07) is 8.99. The van der Waals surface area contributed by atoms with Crippen molar-refractivity contribution in [1.82, 2.24) is 5.32 Å². The molecule has 128 valence electrons. The maximum Gasteiger partial charge on any atom is 0.407 e. The van der Waals surface area contributed by atoms with Crippen LogP contribution in [0.2, 0.25) is 0 Å². The van der Waals surface area contributed by atoms with Crippen LogP contribution in [0.1, 0.15) is 19.4 Å². The summed E-state index contributed by atoms with van der Waals surface area (Å²) in [5.74, 6) is -4.11. The maximum absolute atomic E-state index is 11.7. The lowest BCUT2D eigenvalue weighted by molar-refractivity contribution is -0.222. The molecule has 1 aliphatic rings. The van der Waals surface area contributed by atoms with Crippen molar-refractivity contribution in [3.63, 3.8) is 0 Å². The lowest BCUT2D eigenvalue weighted by Crippen LogP contribution is -2.43. The highest BCUT2D eigenvalue weighted by Gasteiger charge is 2.41. The molecule has 1 amide bonds. The van der Waals surface area contributed by atoms with E-state index >= 15 is 0 Å². The summed E-state index contributed by atoms with van der Waals surface area (Å²) >= 11 is 0. The number of hydrogen-bond donors (Lipinski definition) is 2. The predicted octanol–water partition coefficient (Wildman–Crippen LogP) is 1.56. The van der Waals surface area contributed by atoms with Crippen molar-refractivity contribution >= 4 is 18.0 Å². The summed E-state index contributed by atoms with van der Waals surface area (Å²) < 4.78 is 14.6. The summed E-state index contributed by atoms with van der Waals surface area (Å²) in [5.41, 5.74) is 0.134. The van der Waals surface area contributed by atoms with Crippen LogP contribution in [0.25, 0.3) is 0 Å². The van der Waals surface area contributed by atoms with Crippen LogP contribution >= 0.6 is 0 Å². The topological polar surface area (TPSA) is 111 Å². The van der Waals surface area contributed by atoms with Crippen LogP contribution in [0.4, 0.5) is 4.79 Å². The Bertz CT molecular complexity index is 657. The first-order valence-corrected chi connectivity index (χ1v) is 7.12. The van der Waals surface area contributed by atoms with Gasteiger partial charge in [0.15, 0.2) is 5.57 Å². The number of nitrogens with one attached hydrogen (secondary N) is 1. The zero-order chi connectivity index (χ0) is 17.7. The van der Waals surface area contributed by atoms with E-state index in [9.17, 15) is 19.5 Å². The second kappa shape index (κ2) is 7.03. The Balaban J connectivity index is 1.89. The molecule has 1 aromatic carbocycles. The fraction of sp³-hybridized carbons (Fsp3) is 0.312. The number of ether oxygens (including phenoxy) is 3. The smallest absolute Gasteiger partial charge is 0.407 e. The van der Waals surface area contributed by atoms with E-state index in [1.54, 1.807) is 24.3 Å². The predicted molar refractivity (Wildman–Crippen MR) is 80.5 cm³/mol. The second-order valence-electron chi connectivity index (χ2n) is 5.42. The lowest BCUT2D eigenvalue weighted by Gasteiger charge is -2.30. The number of cyclic esters (lactones) is 2. The van der Waals surface area contributed by atoms with Crippen molar-refractivity contribution in [2.24, 2.45) is 0 Å². The van der Waals surface area contributed by atoms with E-state index in [0.29, 0.717) is 0 Å². The molecule has 0 aliphatic carbocycles. The molecule has 2 rings (SSSR count). The highest BCUT2D eigenvalue weighted by atomic mass is 16.7. The molecule has 0 saturated carbocycles. The van der Waals surface area contributed by atoms with Gasteiger partial charge in [-0.3, -0.25) is 0 Å². The van der Waals surface area contributed by atoms with Crippen molar-refractivity contribution in [2.45, 2.75) is 26.2 Å². The van der Waals surface area contributed by atoms with Crippen molar-refractivity contribution in [3.8, 4) is 0 Å². The van der Waals surface area contributed by atoms with Crippen LogP contribution in [0.15, 0.2) is 41.7 Å². The molecule has 1 heterocycles. The zero-order valence-electron chi connectivity index (χ0n) is 13.2. The number of benzene rings is 1. The van der Waals surface area contributed by atoms with Crippen LogP contribution in [0, 0.1) is 0 Å². The van der Waals surface area contributed by atoms with Gasteiger partial charge in [0.1, 0.15) is 12.4 Å². The van der Waals surface area contributed by atoms with E-state index in [4.69, 9.17) is 14.2 Å². The number of aliphatic hydroxyl groups excluding tert-OH is 1. The van der Waals surface area contributed by atoms with Gasteiger partial charge in [-0.25, -0.2) is 14.4 Å². The molecule has 1 fully saturated rings. The van der Waals surface area contributed by atoms with E-state index in [1.807, 2.05) is 6.07 Å². The van der Waals surface area contributed by atoms with Gasteiger partial charge in [-0.05, 0) is 5.56 Å². The number of carbonyl (C=O) groups is 3. The molecule has 0 atom stereocenters. The first-order valence-electron chi connectivity index (χ1n) is 7.12. The quantitative estimate of drug-likeness (QED) is 0.372. The maximum atomic E-state index is 11.7. The fourth-order valence-electron chi connectivity index (χ4n) is 1.91. The molecule has 24 heavy (non-hydrogen) atoms. The van der Waals surface area contributed by atoms with Gasteiger partial charge in [0.25, 0.3) is 5.79 Å². The first-order chi connectivity index (χ1) is 11.3. The Kier molecular flexibility index (Phi) is 5.08. The van der Waals surface area contributed by atoms with Gasteiger partial charge >= 0.3 is 18.0 Å². The third kappa shape index (κ3) is 4.48. The number of hydrogen-bond acceptors (Lipinski definition) is 7. The second-order valence-corrected chi connectivity index (χ2v) is 5.42. The SMILES string of the molecule is CC1(C)OC(=O)C(=C(O)CNC(=O)OCc2ccccc2)C(=O)O1. The molecule has 8 nitrogen and oxygen atoms in total. The normalized spacial score (nSPS) is 16.0. The zero-order valence-corrected chi connectivity index (χ0v) is 13.2. The van der Waals surface area contributed by atoms with Crippen LogP contribution < -0.4 is 5.32 Å². The minimum atomic E-state index is -1.40. The number of rotatable bonds is 4. The molecule has 0 bridgehead atoms. The van der Waals surface area contributed by atoms with E-state index < -0.39 is 41.7 Å². The summed E-state index contributed by atoms with van der Waals surface area (Å²) in [7, 11) is 0. The van der Waals surface area contributed by atoms with Crippen LogP contribution in [0.5, 0.6) is 0 Å². The molecule has 1 aliphatic heterocycles. The van der Waals surface area contributed by atoms with Crippen molar-refractivity contribution in [3.05, 3.63) is 47.2 Å². The summed E-state index contributed by atoms with van der Waals surface area (Å²) in [5, 5.41) is 12.1. The lowest BCUT2D eigenvalue weighted by atomic mass is 10.2. The molecule has 8 heteroatoms. The molecule has 0 spiro atoms. The number of amides is 1. The first kappa shape index (κ1) is 17.3. The molecule has 0 radical (unpaired) electrons. The number of alkyl carbamates (subject to hydrolysis) is 1. The Morgan fingerprint density at radius 1 is 1.17 bits per heavy atom. The standard InChI is InChI=1S/C16H17NO7/c1-16(2)23-13(19)12(14(20)24-16)11(18)8-17-15(21)22-9-10-6-4-3-5-7-10/h3-7,18H,8-9H2,1-2H3,(H,17,21). The van der Waals surface area contributed by atoms with Crippen LogP contribution in [-0.4, -0.2) is 35.5 Å². The molecule has 1 saturated heterocycles. The third-order valence-electron chi connectivity index (χ3n) is 2.99. The number of carbonyl (C=O) groups excluding carboxylic acids is 3. The van der Waals surface area contributed by atoms with Gasteiger partial charge in [0, 0.05) is 13.8 Å². The van der Waals surface area contributed by atoms with E-state index in [-0.39, 0.29) is 6.61 Å². The molecule has 2 N–H and O–H groups in total. The van der Waals surface area contributed by atoms with Crippen molar-refractivity contribution in [1.29, 1.82) is 0 Å². The van der Waals surface area contributed by atoms with Gasteiger partial charge in [0.2, 0.25) is 0 Å². The Hall–Kier alpha value is -3.03. The van der Waals surface area contributed by atoms with E-state index in [2.05, 4.69) is 5.32 Å². The fourth-order valence-corrected chi connectivity index (χ4v) is 1.91. The average molecular weight is 335 g/mol. The Morgan fingerprint density at radius 2 is 1.75 bits per heavy atom. The Morgan fingerprint density at radius 3 is 2.33 bits per heavy atom. The minimum absolute atomic E-state index is 0.0439. The van der Waals surface area contributed by atoms with Gasteiger partial charge < -0.3 is 24.6 Å². The van der Waals surface area contributed by atoms with E-state index in [0.717, 1.165) is 5.56 Å². The number of esters is 2. The molecule has 0 aromatic heterocycles. The van der Waals surface area contributed by atoms with Crippen molar-refractivity contribution in [2.75, 3.05) is 6.54 Å².